The second-order valence-corrected chi connectivity index (χ2v) is 11.0. The van der Waals surface area contributed by atoms with Gasteiger partial charge in [-0.15, -0.1) is 12.4 Å². The molecule has 0 aliphatic carbocycles. The lowest BCUT2D eigenvalue weighted by Crippen LogP contribution is -2.33. The quantitative estimate of drug-likeness (QED) is 0.473. The highest BCUT2D eigenvalue weighted by molar-refractivity contribution is 7.89. The zero-order valence-corrected chi connectivity index (χ0v) is 21.4. The van der Waals surface area contributed by atoms with E-state index in [0.717, 1.165) is 33.1 Å². The first-order valence-electron chi connectivity index (χ1n) is 9.96. The SMILES string of the molecule is Cc1cccc2sc(N(CCCN(C)C)C(=O)c3ccc(S(=O)(=O)N(C)C)cc3)nc12.Cl. The van der Waals surface area contributed by atoms with Crippen LogP contribution in [0.1, 0.15) is 22.3 Å². The first kappa shape index (κ1) is 26.2. The molecule has 0 aliphatic heterocycles. The Kier molecular flexibility index (Phi) is 8.78. The number of anilines is 1. The summed E-state index contributed by atoms with van der Waals surface area (Å²) in [5, 5.41) is 0.651. The fraction of sp³-hybridized carbons (Fsp3) is 0.364. The Morgan fingerprint density at radius 3 is 2.22 bits per heavy atom. The summed E-state index contributed by atoms with van der Waals surface area (Å²) in [6, 6.07) is 12.1. The van der Waals surface area contributed by atoms with Crippen molar-refractivity contribution in [2.45, 2.75) is 18.2 Å². The predicted molar refractivity (Wildman–Crippen MR) is 134 cm³/mol. The maximum atomic E-state index is 13.4. The van der Waals surface area contributed by atoms with Crippen molar-refractivity contribution in [2.75, 3.05) is 46.2 Å². The molecule has 0 unspecified atom stereocenters. The highest BCUT2D eigenvalue weighted by Gasteiger charge is 2.23. The number of carbonyl (C=O) groups is 1. The van der Waals surface area contributed by atoms with Crippen LogP contribution in [-0.2, 0) is 10.0 Å². The minimum Gasteiger partial charge on any atom is -0.309 e. The Balaban J connectivity index is 0.00000363. The summed E-state index contributed by atoms with van der Waals surface area (Å²) >= 11 is 1.49. The summed E-state index contributed by atoms with van der Waals surface area (Å²) in [6.07, 6.45) is 0.792. The summed E-state index contributed by atoms with van der Waals surface area (Å²) in [5.41, 5.74) is 2.40. The van der Waals surface area contributed by atoms with E-state index in [1.165, 1.54) is 37.6 Å². The lowest BCUT2D eigenvalue weighted by Gasteiger charge is -2.21. The molecule has 10 heteroatoms. The van der Waals surface area contributed by atoms with Crippen molar-refractivity contribution in [3.63, 3.8) is 0 Å². The van der Waals surface area contributed by atoms with Crippen LogP contribution in [0.5, 0.6) is 0 Å². The van der Waals surface area contributed by atoms with Crippen molar-refractivity contribution in [1.82, 2.24) is 14.2 Å². The minimum atomic E-state index is -3.54. The predicted octanol–water partition coefficient (Wildman–Crippen LogP) is 3.88. The molecule has 0 N–H and O–H groups in total. The highest BCUT2D eigenvalue weighted by atomic mass is 35.5. The molecular formula is C22H29ClN4O3S2. The van der Waals surface area contributed by atoms with Gasteiger partial charge in [-0.2, -0.15) is 0 Å². The molecule has 174 valence electrons. The number of aromatic nitrogens is 1. The summed E-state index contributed by atoms with van der Waals surface area (Å²) in [7, 11) is 3.41. The van der Waals surface area contributed by atoms with Crippen LogP contribution in [0.25, 0.3) is 10.2 Å². The number of thiazole rings is 1. The maximum Gasteiger partial charge on any atom is 0.260 e. The van der Waals surface area contributed by atoms with Crippen LogP contribution < -0.4 is 4.90 Å². The van der Waals surface area contributed by atoms with Crippen LogP contribution >= 0.6 is 23.7 Å². The molecule has 0 bridgehead atoms. The van der Waals surface area contributed by atoms with Crippen molar-refractivity contribution in [1.29, 1.82) is 0 Å². The van der Waals surface area contributed by atoms with E-state index in [2.05, 4.69) is 4.90 Å². The molecule has 3 aromatic rings. The van der Waals surface area contributed by atoms with Crippen LogP contribution in [0.3, 0.4) is 0 Å². The molecule has 1 amide bonds. The van der Waals surface area contributed by atoms with Gasteiger partial charge in [-0.25, -0.2) is 17.7 Å². The molecule has 1 aromatic heterocycles. The molecule has 32 heavy (non-hydrogen) atoms. The van der Waals surface area contributed by atoms with E-state index in [9.17, 15) is 13.2 Å². The van der Waals surface area contributed by atoms with Crippen LogP contribution in [0.2, 0.25) is 0 Å². The van der Waals surface area contributed by atoms with Crippen molar-refractivity contribution in [3.8, 4) is 0 Å². The average molecular weight is 497 g/mol. The van der Waals surface area contributed by atoms with Crippen LogP contribution in [0.15, 0.2) is 47.4 Å². The summed E-state index contributed by atoms with van der Waals surface area (Å²) in [6.45, 7) is 3.37. The van der Waals surface area contributed by atoms with Gasteiger partial charge < -0.3 is 4.90 Å². The third-order valence-corrected chi connectivity index (χ3v) is 7.83. The van der Waals surface area contributed by atoms with E-state index in [1.54, 1.807) is 17.0 Å². The van der Waals surface area contributed by atoms with Gasteiger partial charge in [0.1, 0.15) is 0 Å². The normalized spacial score (nSPS) is 11.7. The molecule has 0 fully saturated rings. The number of fused-ring (bicyclic) bond motifs is 1. The van der Waals surface area contributed by atoms with Gasteiger partial charge in [-0.05, 0) is 69.9 Å². The van der Waals surface area contributed by atoms with Gasteiger partial charge in [-0.3, -0.25) is 9.69 Å². The molecule has 0 atom stereocenters. The maximum absolute atomic E-state index is 13.4. The molecule has 7 nitrogen and oxygen atoms in total. The Hall–Kier alpha value is -2.04. The number of sulfonamides is 1. The number of rotatable bonds is 8. The van der Waals surface area contributed by atoms with Gasteiger partial charge >= 0.3 is 0 Å². The molecule has 0 saturated carbocycles. The number of hydrogen-bond acceptors (Lipinski definition) is 6. The fourth-order valence-corrected chi connectivity index (χ4v) is 5.12. The number of halogens is 1. The number of benzene rings is 2. The highest BCUT2D eigenvalue weighted by Crippen LogP contribution is 2.31. The molecule has 2 aromatic carbocycles. The van der Waals surface area contributed by atoms with E-state index >= 15 is 0 Å². The number of aryl methyl sites for hydroxylation is 1. The molecule has 3 rings (SSSR count). The van der Waals surface area contributed by atoms with E-state index < -0.39 is 10.0 Å². The first-order chi connectivity index (χ1) is 14.6. The Bertz CT molecular complexity index is 1180. The molecule has 1 heterocycles. The molecule has 0 saturated heterocycles. The van der Waals surface area contributed by atoms with Crippen LogP contribution in [0, 0.1) is 6.92 Å². The van der Waals surface area contributed by atoms with Gasteiger partial charge in [0.25, 0.3) is 5.91 Å². The minimum absolute atomic E-state index is 0. The lowest BCUT2D eigenvalue weighted by atomic mass is 10.2. The summed E-state index contributed by atoms with van der Waals surface area (Å²) in [4.78, 5) is 22.1. The van der Waals surface area contributed by atoms with Gasteiger partial charge in [0.05, 0.1) is 15.1 Å². The van der Waals surface area contributed by atoms with Crippen molar-refractivity contribution < 1.29 is 13.2 Å². The van der Waals surface area contributed by atoms with E-state index in [-0.39, 0.29) is 23.2 Å². The monoisotopic (exact) mass is 496 g/mol. The Labute approximate surface area is 200 Å². The number of nitrogens with zero attached hydrogens (tertiary/aromatic N) is 4. The standard InChI is InChI=1S/C22H28N4O3S2.ClH/c1-16-8-6-9-19-20(16)23-22(30-19)26(15-7-14-24(2)3)21(27)17-10-12-18(13-11-17)31(28,29)25(4)5;/h6,8-13H,7,14-15H2,1-5H3;1H. The number of hydrogen-bond donors (Lipinski definition) is 0. The summed E-state index contributed by atoms with van der Waals surface area (Å²) in [5.74, 6) is -0.190. The zero-order valence-electron chi connectivity index (χ0n) is 18.9. The van der Waals surface area contributed by atoms with E-state index in [0.29, 0.717) is 17.2 Å². The fourth-order valence-electron chi connectivity index (χ4n) is 3.16. The molecule has 0 spiro atoms. The van der Waals surface area contributed by atoms with Crippen molar-refractivity contribution in [3.05, 3.63) is 53.6 Å². The number of carbonyl (C=O) groups excluding carboxylic acids is 1. The summed E-state index contributed by atoms with van der Waals surface area (Å²) < 4.78 is 26.8. The van der Waals surface area contributed by atoms with Gasteiger partial charge in [0, 0.05) is 26.2 Å². The molecule has 0 radical (unpaired) electrons. The van der Waals surface area contributed by atoms with Gasteiger partial charge in [-0.1, -0.05) is 23.5 Å². The first-order valence-corrected chi connectivity index (χ1v) is 12.2. The second kappa shape index (κ2) is 10.7. The molecule has 0 aliphatic rings. The zero-order chi connectivity index (χ0) is 22.8. The second-order valence-electron chi connectivity index (χ2n) is 7.84. The van der Waals surface area contributed by atoms with E-state index in [1.807, 2.05) is 39.2 Å². The Morgan fingerprint density at radius 2 is 1.66 bits per heavy atom. The van der Waals surface area contributed by atoms with Crippen LogP contribution in [0.4, 0.5) is 5.13 Å². The van der Waals surface area contributed by atoms with Crippen LogP contribution in [-0.4, -0.2) is 69.8 Å². The number of para-hydroxylation sites is 1. The lowest BCUT2D eigenvalue weighted by molar-refractivity contribution is 0.0986. The number of amides is 1. The van der Waals surface area contributed by atoms with Gasteiger partial charge in [0.2, 0.25) is 10.0 Å². The van der Waals surface area contributed by atoms with E-state index in [4.69, 9.17) is 4.98 Å². The smallest absolute Gasteiger partial charge is 0.260 e. The molecular weight excluding hydrogens is 468 g/mol. The third-order valence-electron chi connectivity index (χ3n) is 4.95. The van der Waals surface area contributed by atoms with Crippen molar-refractivity contribution >= 4 is 55.0 Å². The Morgan fingerprint density at radius 1 is 1.00 bits per heavy atom. The largest absolute Gasteiger partial charge is 0.309 e. The van der Waals surface area contributed by atoms with Gasteiger partial charge in [0.15, 0.2) is 5.13 Å². The average Bonchev–Trinajstić information content (AvgIpc) is 3.16. The van der Waals surface area contributed by atoms with Crippen molar-refractivity contribution in [2.24, 2.45) is 0 Å². The topological polar surface area (TPSA) is 73.8 Å². The third kappa shape index (κ3) is 5.65.